The third-order valence-electron chi connectivity index (χ3n) is 4.31. The number of rotatable bonds is 4. The van der Waals surface area contributed by atoms with Crippen molar-refractivity contribution in [1.82, 2.24) is 10.6 Å². The Bertz CT molecular complexity index is 894. The van der Waals surface area contributed by atoms with Gasteiger partial charge in [0.2, 0.25) is 0 Å². The molecule has 0 bridgehead atoms. The summed E-state index contributed by atoms with van der Waals surface area (Å²) in [6.45, 7) is 0. The lowest BCUT2D eigenvalue weighted by molar-refractivity contribution is 0.0696. The van der Waals surface area contributed by atoms with Crippen LogP contribution in [-0.2, 0) is 18.6 Å². The highest BCUT2D eigenvalue weighted by Gasteiger charge is 2.21. The summed E-state index contributed by atoms with van der Waals surface area (Å²) < 4.78 is 7.43. The van der Waals surface area contributed by atoms with E-state index in [1.54, 1.807) is 17.4 Å². The number of aromatic nitrogens is 1. The van der Waals surface area contributed by atoms with Gasteiger partial charge in [0.15, 0.2) is 5.69 Å². The molecule has 0 fully saturated rings. The highest BCUT2D eigenvalue weighted by atomic mass is 32.2. The van der Waals surface area contributed by atoms with Crippen LogP contribution in [0.2, 0.25) is 0 Å². The highest BCUT2D eigenvalue weighted by Crippen LogP contribution is 2.41. The topological polar surface area (TPSA) is 78.6 Å². The average molecular weight is 367 g/mol. The van der Waals surface area contributed by atoms with Crippen LogP contribution < -0.4 is 9.79 Å². The minimum Gasteiger partial charge on any atom is -0.360 e. The Morgan fingerprint density at radius 3 is 2.35 bits per heavy atom. The van der Waals surface area contributed by atoms with Crippen LogP contribution in [0.5, 0.6) is 0 Å². The van der Waals surface area contributed by atoms with Gasteiger partial charge in [-0.2, -0.15) is 0 Å². The number of nitrogens with one attached hydrogen (secondary N) is 1. The van der Waals surface area contributed by atoms with E-state index in [0.29, 0.717) is 11.5 Å². The lowest BCUT2D eigenvalue weighted by Gasteiger charge is -2.25. The molecule has 1 aromatic heterocycles. The zero-order valence-electron chi connectivity index (χ0n) is 13.9. The van der Waals surface area contributed by atoms with Crippen LogP contribution in [0.25, 0.3) is 0 Å². The first-order valence-corrected chi connectivity index (χ1v) is 9.19. The smallest absolute Gasteiger partial charge is 0.296 e. The van der Waals surface area contributed by atoms with Crippen LogP contribution in [0.15, 0.2) is 59.1 Å². The third-order valence-corrected chi connectivity index (χ3v) is 5.38. The Hall–Kier alpha value is -2.77. The summed E-state index contributed by atoms with van der Waals surface area (Å²) in [5, 5.41) is 12.4. The van der Waals surface area contributed by atoms with E-state index in [0.717, 1.165) is 24.2 Å². The highest BCUT2D eigenvalue weighted by molar-refractivity contribution is 8.00. The average Bonchev–Trinajstić information content (AvgIpc) is 3.10. The van der Waals surface area contributed by atoms with Gasteiger partial charge in [-0.3, -0.25) is 14.3 Å². The molecule has 7 heteroatoms. The number of carbonyl (C=O) groups excluding carboxylic acids is 1. The molecule has 0 unspecified atom stereocenters. The molecule has 0 saturated heterocycles. The Labute approximate surface area is 154 Å². The largest absolute Gasteiger partial charge is 0.360 e. The molecule has 0 radical (unpaired) electrons. The van der Waals surface area contributed by atoms with Crippen molar-refractivity contribution in [3.05, 3.63) is 77.2 Å². The number of aryl methyl sites for hydroxylation is 2. The molecule has 4 rings (SSSR count). The number of amides is 1. The van der Waals surface area contributed by atoms with Crippen LogP contribution in [0.1, 0.15) is 27.4 Å². The molecule has 0 aliphatic carbocycles. The van der Waals surface area contributed by atoms with Gasteiger partial charge in [-0.15, -0.1) is 0 Å². The monoisotopic (exact) mass is 367 g/mol. The summed E-state index contributed by atoms with van der Waals surface area (Å²) in [4.78, 5) is 11.4. The van der Waals surface area contributed by atoms with Crippen LogP contribution in [0.4, 0.5) is 11.4 Å². The molecule has 3 aromatic rings. The quantitative estimate of drug-likeness (QED) is 0.414. The zero-order valence-corrected chi connectivity index (χ0v) is 14.7. The van der Waals surface area contributed by atoms with Gasteiger partial charge in [-0.1, -0.05) is 41.6 Å². The van der Waals surface area contributed by atoms with Crippen LogP contribution >= 0.6 is 11.9 Å². The predicted molar refractivity (Wildman–Crippen MR) is 99.5 cm³/mol. The molecule has 1 aliphatic rings. The fourth-order valence-electron chi connectivity index (χ4n) is 3.05. The minimum absolute atomic E-state index is 0.0553. The molecule has 1 amide bonds. The molecule has 2 heterocycles. The van der Waals surface area contributed by atoms with Gasteiger partial charge < -0.3 is 4.52 Å². The van der Waals surface area contributed by atoms with Crippen molar-refractivity contribution in [3.63, 3.8) is 0 Å². The van der Waals surface area contributed by atoms with Crippen LogP contribution in [-0.4, -0.2) is 16.3 Å². The van der Waals surface area contributed by atoms with Gasteiger partial charge in [-0.25, -0.2) is 5.48 Å². The van der Waals surface area contributed by atoms with E-state index in [1.165, 1.54) is 17.2 Å². The number of hydrogen-bond acceptors (Lipinski definition) is 6. The van der Waals surface area contributed by atoms with Crippen molar-refractivity contribution >= 4 is 29.2 Å². The number of benzene rings is 2. The summed E-state index contributed by atoms with van der Waals surface area (Å²) >= 11 is 1.59. The summed E-state index contributed by atoms with van der Waals surface area (Å²) in [7, 11) is 0. The summed E-state index contributed by atoms with van der Waals surface area (Å²) in [5.41, 5.74) is 6.54. The van der Waals surface area contributed by atoms with Crippen molar-refractivity contribution < 1.29 is 14.5 Å². The second-order valence-corrected chi connectivity index (χ2v) is 6.86. The molecule has 1 aliphatic heterocycles. The number of fused-ring (bicyclic) bond motifs is 2. The maximum atomic E-state index is 11.4. The van der Waals surface area contributed by atoms with E-state index in [2.05, 4.69) is 45.9 Å². The molecule has 0 spiro atoms. The Morgan fingerprint density at radius 1 is 1.12 bits per heavy atom. The molecular formula is C19H17N3O3S. The van der Waals surface area contributed by atoms with Crippen molar-refractivity contribution in [1.29, 1.82) is 0 Å². The van der Waals surface area contributed by atoms with Crippen molar-refractivity contribution in [2.45, 2.75) is 18.6 Å². The third kappa shape index (κ3) is 3.18. The number of nitrogens with zero attached hydrogens (tertiary/aromatic N) is 2. The molecule has 0 atom stereocenters. The number of carbonyl (C=O) groups is 1. The summed E-state index contributed by atoms with van der Waals surface area (Å²) in [5.74, 6) is 0.386. The first-order valence-electron chi connectivity index (χ1n) is 8.25. The number of para-hydroxylation sites is 2. The standard InChI is InChI=1S/C19H17N3O3S/c23-19(20-24)16-11-15(25-21-16)12-26-22-17-7-3-1-5-13(17)9-10-14-6-2-4-8-18(14)22/h1-8,11,24H,9-10,12H2,(H,20,23). The lowest BCUT2D eigenvalue weighted by Crippen LogP contribution is -2.18. The van der Waals surface area contributed by atoms with E-state index in [-0.39, 0.29) is 5.69 Å². The van der Waals surface area contributed by atoms with E-state index < -0.39 is 5.91 Å². The van der Waals surface area contributed by atoms with E-state index in [4.69, 9.17) is 9.73 Å². The van der Waals surface area contributed by atoms with Crippen molar-refractivity contribution in [2.24, 2.45) is 0 Å². The molecule has 6 nitrogen and oxygen atoms in total. The van der Waals surface area contributed by atoms with E-state index in [9.17, 15) is 4.79 Å². The Kier molecular flexibility index (Phi) is 4.64. The second kappa shape index (κ2) is 7.23. The van der Waals surface area contributed by atoms with E-state index in [1.807, 2.05) is 12.1 Å². The van der Waals surface area contributed by atoms with Crippen molar-refractivity contribution in [3.8, 4) is 0 Å². The number of anilines is 2. The maximum Gasteiger partial charge on any atom is 0.296 e. The number of hydrogen-bond donors (Lipinski definition) is 2. The summed E-state index contributed by atoms with van der Waals surface area (Å²) in [6.07, 6.45) is 1.99. The normalized spacial score (nSPS) is 12.9. The first-order chi connectivity index (χ1) is 12.8. The van der Waals surface area contributed by atoms with Gasteiger partial charge in [0, 0.05) is 6.07 Å². The SMILES string of the molecule is O=C(NO)c1cc(CSN2c3ccccc3CCc3ccccc32)on1. The van der Waals surface area contributed by atoms with Gasteiger partial charge in [-0.05, 0) is 48.0 Å². The number of hydroxylamine groups is 1. The van der Waals surface area contributed by atoms with Gasteiger partial charge in [0.05, 0.1) is 17.1 Å². The fraction of sp³-hybridized carbons (Fsp3) is 0.158. The second-order valence-electron chi connectivity index (χ2n) is 5.94. The van der Waals surface area contributed by atoms with Gasteiger partial charge in [0.1, 0.15) is 5.76 Å². The predicted octanol–water partition coefficient (Wildman–Crippen LogP) is 3.88. The van der Waals surface area contributed by atoms with E-state index >= 15 is 0 Å². The maximum absolute atomic E-state index is 11.4. The Morgan fingerprint density at radius 2 is 1.73 bits per heavy atom. The van der Waals surface area contributed by atoms with Crippen molar-refractivity contribution in [2.75, 3.05) is 4.31 Å². The Balaban J connectivity index is 1.63. The van der Waals surface area contributed by atoms with Crippen LogP contribution in [0.3, 0.4) is 0 Å². The molecule has 0 saturated carbocycles. The van der Waals surface area contributed by atoms with Gasteiger partial charge in [0.25, 0.3) is 5.91 Å². The molecular weight excluding hydrogens is 350 g/mol. The fourth-order valence-corrected chi connectivity index (χ4v) is 4.08. The van der Waals surface area contributed by atoms with Gasteiger partial charge >= 0.3 is 0 Å². The lowest BCUT2D eigenvalue weighted by atomic mass is 10.0. The molecule has 26 heavy (non-hydrogen) atoms. The zero-order chi connectivity index (χ0) is 17.9. The first kappa shape index (κ1) is 16.7. The minimum atomic E-state index is -0.685. The molecule has 2 aromatic carbocycles. The summed E-state index contributed by atoms with van der Waals surface area (Å²) in [6, 6.07) is 18.3. The van der Waals surface area contributed by atoms with Crippen LogP contribution in [0, 0.1) is 0 Å². The molecule has 132 valence electrons. The molecule has 2 N–H and O–H groups in total.